The van der Waals surface area contributed by atoms with Crippen molar-refractivity contribution in [3.8, 4) is 29.2 Å². The molecule has 0 N–H and O–H groups in total. The highest BCUT2D eigenvalue weighted by Gasteiger charge is 2.08. The summed E-state index contributed by atoms with van der Waals surface area (Å²) in [6.45, 7) is 0.504. The average molecular weight is 319 g/mol. The first-order chi connectivity index (χ1) is 11.3. The van der Waals surface area contributed by atoms with Crippen LogP contribution in [0.15, 0.2) is 72.8 Å². The van der Waals surface area contributed by atoms with Gasteiger partial charge in [0.05, 0.1) is 0 Å². The largest absolute Gasteiger partial charge is 0.488 e. The zero-order valence-electron chi connectivity index (χ0n) is 12.5. The van der Waals surface area contributed by atoms with Crippen LogP contribution in [0.1, 0.15) is 11.1 Å². The van der Waals surface area contributed by atoms with E-state index in [0.29, 0.717) is 11.6 Å². The molecule has 112 valence electrons. The van der Waals surface area contributed by atoms with E-state index in [0.717, 1.165) is 28.0 Å². The highest BCUT2D eigenvalue weighted by atomic mass is 35.5. The Hall–Kier alpha value is -2.69. The molecule has 3 rings (SSSR count). The molecule has 0 fully saturated rings. The molecular weight excluding hydrogens is 304 g/mol. The molecule has 0 heterocycles. The van der Waals surface area contributed by atoms with Crippen LogP contribution >= 0.6 is 11.6 Å². The first-order valence-electron chi connectivity index (χ1n) is 7.29. The van der Waals surface area contributed by atoms with Gasteiger partial charge in [-0.25, -0.2) is 0 Å². The summed E-state index contributed by atoms with van der Waals surface area (Å²) in [5.74, 6) is 3.45. The average Bonchev–Trinajstić information content (AvgIpc) is 2.61. The lowest BCUT2D eigenvalue weighted by atomic mass is 10.0. The number of benzene rings is 3. The van der Waals surface area contributed by atoms with Gasteiger partial charge >= 0.3 is 0 Å². The van der Waals surface area contributed by atoms with Gasteiger partial charge in [0.1, 0.15) is 12.4 Å². The predicted octanol–water partition coefficient (Wildman–Crippen LogP) is 5.57. The van der Waals surface area contributed by atoms with E-state index in [9.17, 15) is 0 Å². The first-order valence-corrected chi connectivity index (χ1v) is 7.67. The maximum absolute atomic E-state index is 6.11. The standard InChI is InChI=1S/C21H15ClO/c1-2-16-11-12-21(23-15-17-7-4-3-5-8-17)20(13-16)18-9-6-10-19(22)14-18/h1,3-14H,15H2. The van der Waals surface area contributed by atoms with Crippen molar-refractivity contribution in [2.75, 3.05) is 0 Å². The molecule has 0 bridgehead atoms. The third-order valence-corrected chi connectivity index (χ3v) is 3.75. The molecule has 0 aromatic heterocycles. The summed E-state index contributed by atoms with van der Waals surface area (Å²) in [6, 6.07) is 23.5. The minimum Gasteiger partial charge on any atom is -0.488 e. The van der Waals surface area contributed by atoms with Crippen LogP contribution in [0.3, 0.4) is 0 Å². The molecule has 0 amide bonds. The van der Waals surface area contributed by atoms with Gasteiger partial charge in [-0.05, 0) is 41.5 Å². The van der Waals surface area contributed by atoms with Gasteiger partial charge in [0.25, 0.3) is 0 Å². The van der Waals surface area contributed by atoms with Crippen LogP contribution in [-0.4, -0.2) is 0 Å². The lowest BCUT2D eigenvalue weighted by Crippen LogP contribution is -1.97. The van der Waals surface area contributed by atoms with Crippen molar-refractivity contribution in [2.45, 2.75) is 6.61 Å². The second kappa shape index (κ2) is 7.05. The zero-order valence-corrected chi connectivity index (χ0v) is 13.3. The Kier molecular flexibility index (Phi) is 4.66. The normalized spacial score (nSPS) is 10.1. The van der Waals surface area contributed by atoms with E-state index in [1.54, 1.807) is 0 Å². The van der Waals surface area contributed by atoms with Gasteiger partial charge < -0.3 is 4.74 Å². The lowest BCUT2D eigenvalue weighted by molar-refractivity contribution is 0.307. The van der Waals surface area contributed by atoms with Crippen molar-refractivity contribution < 1.29 is 4.74 Å². The fraction of sp³-hybridized carbons (Fsp3) is 0.0476. The van der Waals surface area contributed by atoms with E-state index >= 15 is 0 Å². The minimum atomic E-state index is 0.504. The van der Waals surface area contributed by atoms with Crippen LogP contribution in [0.4, 0.5) is 0 Å². The summed E-state index contributed by atoms with van der Waals surface area (Å²) in [5.41, 5.74) is 3.86. The Balaban J connectivity index is 1.95. The van der Waals surface area contributed by atoms with E-state index in [-0.39, 0.29) is 0 Å². The van der Waals surface area contributed by atoms with E-state index in [1.165, 1.54) is 0 Å². The molecule has 0 aliphatic rings. The highest BCUT2D eigenvalue weighted by Crippen LogP contribution is 2.33. The number of halogens is 1. The van der Waals surface area contributed by atoms with E-state index in [1.807, 2.05) is 72.8 Å². The van der Waals surface area contributed by atoms with Gasteiger partial charge in [-0.2, -0.15) is 0 Å². The maximum atomic E-state index is 6.11. The van der Waals surface area contributed by atoms with Crippen LogP contribution in [0.5, 0.6) is 5.75 Å². The van der Waals surface area contributed by atoms with E-state index in [4.69, 9.17) is 22.8 Å². The Labute approximate surface area is 141 Å². The molecule has 0 saturated carbocycles. The molecule has 2 heteroatoms. The maximum Gasteiger partial charge on any atom is 0.127 e. The van der Waals surface area contributed by atoms with Crippen molar-refractivity contribution in [1.82, 2.24) is 0 Å². The van der Waals surface area contributed by atoms with Crippen molar-refractivity contribution in [3.63, 3.8) is 0 Å². The molecule has 0 spiro atoms. The van der Waals surface area contributed by atoms with Crippen LogP contribution in [0.25, 0.3) is 11.1 Å². The first kappa shape index (κ1) is 15.2. The van der Waals surface area contributed by atoms with Crippen LogP contribution < -0.4 is 4.74 Å². The third-order valence-electron chi connectivity index (χ3n) is 3.52. The quantitative estimate of drug-likeness (QED) is 0.572. The number of hydrogen-bond donors (Lipinski definition) is 0. The molecule has 1 nitrogen and oxygen atoms in total. The third kappa shape index (κ3) is 3.74. The van der Waals surface area contributed by atoms with Gasteiger partial charge in [-0.1, -0.05) is 60.0 Å². The molecule has 0 unspecified atom stereocenters. The Morgan fingerprint density at radius 1 is 0.913 bits per heavy atom. The van der Waals surface area contributed by atoms with Gasteiger partial charge in [-0.3, -0.25) is 0 Å². The summed E-state index contributed by atoms with van der Waals surface area (Å²) in [4.78, 5) is 0. The summed E-state index contributed by atoms with van der Waals surface area (Å²) < 4.78 is 6.01. The Bertz CT molecular complexity index is 847. The molecule has 0 radical (unpaired) electrons. The Morgan fingerprint density at radius 2 is 1.74 bits per heavy atom. The summed E-state index contributed by atoms with van der Waals surface area (Å²) in [5, 5.41) is 0.683. The molecule has 0 saturated heterocycles. The fourth-order valence-electron chi connectivity index (χ4n) is 2.36. The summed E-state index contributed by atoms with van der Waals surface area (Å²) >= 11 is 6.11. The van der Waals surface area contributed by atoms with Gasteiger partial charge in [-0.15, -0.1) is 6.42 Å². The van der Waals surface area contributed by atoms with Gasteiger partial charge in [0.2, 0.25) is 0 Å². The molecule has 0 aliphatic carbocycles. The number of rotatable bonds is 4. The second-order valence-corrected chi connectivity index (χ2v) is 5.58. The van der Waals surface area contributed by atoms with Crippen LogP contribution in [-0.2, 0) is 6.61 Å². The number of ether oxygens (including phenoxy) is 1. The molecule has 3 aromatic carbocycles. The second-order valence-electron chi connectivity index (χ2n) is 5.14. The number of terminal acetylenes is 1. The molecule has 23 heavy (non-hydrogen) atoms. The van der Waals surface area contributed by atoms with Gasteiger partial charge in [0, 0.05) is 16.1 Å². The SMILES string of the molecule is C#Cc1ccc(OCc2ccccc2)c(-c2cccc(Cl)c2)c1. The van der Waals surface area contributed by atoms with E-state index in [2.05, 4.69) is 5.92 Å². The van der Waals surface area contributed by atoms with E-state index < -0.39 is 0 Å². The van der Waals surface area contributed by atoms with Crippen molar-refractivity contribution in [1.29, 1.82) is 0 Å². The van der Waals surface area contributed by atoms with Crippen LogP contribution in [0, 0.1) is 12.3 Å². The minimum absolute atomic E-state index is 0.504. The fourth-order valence-corrected chi connectivity index (χ4v) is 2.55. The smallest absolute Gasteiger partial charge is 0.127 e. The topological polar surface area (TPSA) is 9.23 Å². The van der Waals surface area contributed by atoms with Crippen molar-refractivity contribution in [3.05, 3.63) is 88.9 Å². The summed E-state index contributed by atoms with van der Waals surface area (Å²) in [6.07, 6.45) is 5.52. The molecule has 3 aromatic rings. The summed E-state index contributed by atoms with van der Waals surface area (Å²) in [7, 11) is 0. The highest BCUT2D eigenvalue weighted by molar-refractivity contribution is 6.30. The monoisotopic (exact) mass is 318 g/mol. The lowest BCUT2D eigenvalue weighted by Gasteiger charge is -2.13. The predicted molar refractivity (Wildman–Crippen MR) is 95.6 cm³/mol. The van der Waals surface area contributed by atoms with Gasteiger partial charge in [0.15, 0.2) is 0 Å². The molecule has 0 atom stereocenters. The van der Waals surface area contributed by atoms with Crippen molar-refractivity contribution >= 4 is 11.6 Å². The van der Waals surface area contributed by atoms with Crippen molar-refractivity contribution in [2.24, 2.45) is 0 Å². The molecular formula is C21H15ClO. The van der Waals surface area contributed by atoms with Crippen LogP contribution in [0.2, 0.25) is 5.02 Å². The Morgan fingerprint density at radius 3 is 2.48 bits per heavy atom. The number of hydrogen-bond acceptors (Lipinski definition) is 1. The zero-order chi connectivity index (χ0) is 16.1. The molecule has 0 aliphatic heterocycles.